The van der Waals surface area contributed by atoms with Crippen LogP contribution in [-0.4, -0.2) is 36.0 Å². The molecule has 0 bridgehead atoms. The Bertz CT molecular complexity index is 1330. The van der Waals surface area contributed by atoms with E-state index in [9.17, 15) is 9.59 Å². The summed E-state index contributed by atoms with van der Waals surface area (Å²) in [6.07, 6.45) is 0. The fourth-order valence-corrected chi connectivity index (χ4v) is 6.35. The second-order valence-electron chi connectivity index (χ2n) is 9.18. The number of amides is 2. The van der Waals surface area contributed by atoms with E-state index in [1.165, 1.54) is 0 Å². The van der Waals surface area contributed by atoms with Crippen molar-refractivity contribution in [2.75, 3.05) is 19.0 Å². The molecular weight excluding hydrogens is 496 g/mol. The van der Waals surface area contributed by atoms with Gasteiger partial charge in [-0.1, -0.05) is 46.3 Å². The van der Waals surface area contributed by atoms with Gasteiger partial charge >= 0.3 is 0 Å². The number of rotatable bonds is 2. The zero-order valence-corrected chi connectivity index (χ0v) is 20.3. The van der Waals surface area contributed by atoms with E-state index in [0.29, 0.717) is 29.4 Å². The van der Waals surface area contributed by atoms with E-state index >= 15 is 0 Å². The van der Waals surface area contributed by atoms with Gasteiger partial charge in [-0.2, -0.15) is 0 Å². The van der Waals surface area contributed by atoms with Gasteiger partial charge in [0.1, 0.15) is 17.0 Å². The first-order valence-corrected chi connectivity index (χ1v) is 12.0. The normalized spacial score (nSPS) is 26.9. The standard InChI is InChI=1S/C27H23BrN2O4/c1-27-23(15-6-4-3-5-7-15)20-14-34-22-11-9-17(33-2)13-19(22)24(20)30(27)25(31)18-12-16(28)8-10-21(18)29-26(27)32/h3-13,20,23-24H,14H2,1-2H3,(H,29,32)/t20-,23+,24+,27-/m1/s1. The third-order valence-electron chi connectivity index (χ3n) is 7.48. The van der Waals surface area contributed by atoms with Crippen molar-refractivity contribution in [3.8, 4) is 11.5 Å². The Balaban J connectivity index is 1.63. The molecule has 0 unspecified atom stereocenters. The number of benzene rings is 3. The van der Waals surface area contributed by atoms with Crippen LogP contribution in [-0.2, 0) is 4.79 Å². The Kier molecular flexibility index (Phi) is 4.74. The zero-order valence-electron chi connectivity index (χ0n) is 18.7. The van der Waals surface area contributed by atoms with E-state index in [-0.39, 0.29) is 29.7 Å². The van der Waals surface area contributed by atoms with Crippen LogP contribution in [0.15, 0.2) is 71.2 Å². The van der Waals surface area contributed by atoms with Crippen molar-refractivity contribution in [3.05, 3.63) is 87.9 Å². The zero-order chi connectivity index (χ0) is 23.6. The number of nitrogens with zero attached hydrogens (tertiary/aromatic N) is 1. The summed E-state index contributed by atoms with van der Waals surface area (Å²) in [5, 5.41) is 3.06. The molecule has 34 heavy (non-hydrogen) atoms. The molecule has 1 saturated heterocycles. The maximum atomic E-state index is 14.3. The van der Waals surface area contributed by atoms with E-state index in [1.54, 1.807) is 24.1 Å². The van der Waals surface area contributed by atoms with Crippen molar-refractivity contribution in [1.82, 2.24) is 4.90 Å². The molecule has 3 heterocycles. The average Bonchev–Trinajstić information content (AvgIpc) is 3.10. The maximum absolute atomic E-state index is 14.3. The third kappa shape index (κ3) is 2.86. The molecule has 2 amide bonds. The number of anilines is 1. The summed E-state index contributed by atoms with van der Waals surface area (Å²) in [5.74, 6) is 0.638. The van der Waals surface area contributed by atoms with Crippen molar-refractivity contribution < 1.29 is 19.1 Å². The molecule has 6 rings (SSSR count). The van der Waals surface area contributed by atoms with E-state index in [0.717, 1.165) is 15.6 Å². The Morgan fingerprint density at radius 3 is 2.65 bits per heavy atom. The minimum Gasteiger partial charge on any atom is -0.497 e. The molecule has 0 saturated carbocycles. The van der Waals surface area contributed by atoms with Crippen molar-refractivity contribution in [2.45, 2.75) is 24.4 Å². The van der Waals surface area contributed by atoms with Crippen LogP contribution < -0.4 is 14.8 Å². The molecule has 1 fully saturated rings. The van der Waals surface area contributed by atoms with Crippen LogP contribution in [0, 0.1) is 5.92 Å². The lowest BCUT2D eigenvalue weighted by atomic mass is 9.73. The number of hydrogen-bond acceptors (Lipinski definition) is 4. The van der Waals surface area contributed by atoms with Gasteiger partial charge in [-0.05, 0) is 48.9 Å². The molecule has 0 radical (unpaired) electrons. The lowest BCUT2D eigenvalue weighted by molar-refractivity contribution is -0.125. The van der Waals surface area contributed by atoms with Gasteiger partial charge in [0.05, 0.1) is 31.0 Å². The highest BCUT2D eigenvalue weighted by atomic mass is 79.9. The number of fused-ring (bicyclic) bond motifs is 6. The van der Waals surface area contributed by atoms with Crippen molar-refractivity contribution in [3.63, 3.8) is 0 Å². The van der Waals surface area contributed by atoms with Gasteiger partial charge in [0.2, 0.25) is 0 Å². The highest BCUT2D eigenvalue weighted by Gasteiger charge is 2.65. The summed E-state index contributed by atoms with van der Waals surface area (Å²) in [4.78, 5) is 30.0. The summed E-state index contributed by atoms with van der Waals surface area (Å²) in [7, 11) is 1.62. The summed E-state index contributed by atoms with van der Waals surface area (Å²) >= 11 is 3.49. The number of nitrogens with one attached hydrogen (secondary N) is 1. The molecule has 0 aromatic heterocycles. The summed E-state index contributed by atoms with van der Waals surface area (Å²) in [5.41, 5.74) is 1.73. The molecule has 172 valence electrons. The first-order chi connectivity index (χ1) is 16.4. The third-order valence-corrected chi connectivity index (χ3v) is 7.98. The smallest absolute Gasteiger partial charge is 0.257 e. The monoisotopic (exact) mass is 518 g/mol. The van der Waals surface area contributed by atoms with Crippen LogP contribution in [0.1, 0.15) is 40.4 Å². The van der Waals surface area contributed by atoms with Gasteiger partial charge in [-0.25, -0.2) is 0 Å². The number of methoxy groups -OCH3 is 1. The molecule has 3 aromatic carbocycles. The molecule has 1 N–H and O–H groups in total. The summed E-state index contributed by atoms with van der Waals surface area (Å²) in [6, 6.07) is 20.7. The largest absolute Gasteiger partial charge is 0.497 e. The number of hydrogen-bond donors (Lipinski definition) is 1. The van der Waals surface area contributed by atoms with Crippen molar-refractivity contribution in [1.29, 1.82) is 0 Å². The lowest BCUT2D eigenvalue weighted by Crippen LogP contribution is -2.54. The highest BCUT2D eigenvalue weighted by Crippen LogP contribution is 2.60. The van der Waals surface area contributed by atoms with Crippen LogP contribution in [0.3, 0.4) is 0 Å². The Labute approximate surface area is 206 Å². The summed E-state index contributed by atoms with van der Waals surface area (Å²) < 4.78 is 12.5. The molecule has 4 atom stereocenters. The Morgan fingerprint density at radius 1 is 1.09 bits per heavy atom. The molecule has 0 spiro atoms. The molecule has 3 aliphatic heterocycles. The fourth-order valence-electron chi connectivity index (χ4n) is 5.99. The number of halogens is 1. The second kappa shape index (κ2) is 7.60. The van der Waals surface area contributed by atoms with Gasteiger partial charge in [-0.3, -0.25) is 9.59 Å². The van der Waals surface area contributed by atoms with Crippen LogP contribution in [0.5, 0.6) is 11.5 Å². The predicted molar refractivity (Wildman–Crippen MR) is 131 cm³/mol. The van der Waals surface area contributed by atoms with Gasteiger partial charge < -0.3 is 19.7 Å². The minimum atomic E-state index is -1.13. The van der Waals surface area contributed by atoms with Crippen molar-refractivity contribution in [2.24, 2.45) is 5.92 Å². The van der Waals surface area contributed by atoms with Crippen molar-refractivity contribution >= 4 is 33.4 Å². The van der Waals surface area contributed by atoms with Crippen LogP contribution in [0.4, 0.5) is 5.69 Å². The molecule has 7 heteroatoms. The lowest BCUT2D eigenvalue weighted by Gasteiger charge is -2.38. The second-order valence-corrected chi connectivity index (χ2v) is 10.1. The topological polar surface area (TPSA) is 67.9 Å². The van der Waals surface area contributed by atoms with Crippen LogP contribution >= 0.6 is 15.9 Å². The molecule has 0 aliphatic carbocycles. The Morgan fingerprint density at radius 2 is 1.88 bits per heavy atom. The highest BCUT2D eigenvalue weighted by molar-refractivity contribution is 9.10. The average molecular weight is 519 g/mol. The summed E-state index contributed by atoms with van der Waals surface area (Å²) in [6.45, 7) is 2.29. The van der Waals surface area contributed by atoms with Gasteiger partial charge in [0, 0.05) is 21.9 Å². The SMILES string of the molecule is COc1ccc2c(c1)[C@H]1[C@H](CO2)[C@H](c2ccccc2)[C@]2(C)C(=O)Nc3ccc(Br)cc3C(=O)N12. The van der Waals surface area contributed by atoms with E-state index in [2.05, 4.69) is 21.2 Å². The van der Waals surface area contributed by atoms with Gasteiger partial charge in [0.15, 0.2) is 0 Å². The van der Waals surface area contributed by atoms with E-state index < -0.39 is 5.54 Å². The number of carbonyl (C=O) groups is 2. The quantitative estimate of drug-likeness (QED) is 0.508. The minimum absolute atomic E-state index is 0.115. The van der Waals surface area contributed by atoms with E-state index in [4.69, 9.17) is 9.47 Å². The predicted octanol–water partition coefficient (Wildman–Crippen LogP) is 5.16. The number of carbonyl (C=O) groups excluding carboxylic acids is 2. The first kappa shape index (κ1) is 21.2. The van der Waals surface area contributed by atoms with Gasteiger partial charge in [0.25, 0.3) is 11.8 Å². The molecule has 3 aromatic rings. The van der Waals surface area contributed by atoms with Gasteiger partial charge in [-0.15, -0.1) is 0 Å². The first-order valence-electron chi connectivity index (χ1n) is 11.2. The Hall–Kier alpha value is -3.32. The maximum Gasteiger partial charge on any atom is 0.257 e. The van der Waals surface area contributed by atoms with Crippen LogP contribution in [0.2, 0.25) is 0 Å². The molecular formula is C27H23BrN2O4. The molecule has 3 aliphatic rings. The number of ether oxygens (including phenoxy) is 2. The fraction of sp³-hybridized carbons (Fsp3) is 0.259. The molecule has 6 nitrogen and oxygen atoms in total. The van der Waals surface area contributed by atoms with Crippen LogP contribution in [0.25, 0.3) is 0 Å². The van der Waals surface area contributed by atoms with E-state index in [1.807, 2.05) is 61.5 Å².